The van der Waals surface area contributed by atoms with Crippen LogP contribution in [0.3, 0.4) is 0 Å². The fourth-order valence-corrected chi connectivity index (χ4v) is 3.19. The standard InChI is InChI=1S/C21H15FN6/c22-17-9-18-14(2-1-7-24-18)8-15(17)11-28-12-26-20-21(28)27-19(10-25-20)13-3-5-16(23)6-4-13/h1-10,12H,11,23H2. The Labute approximate surface area is 159 Å². The average Bonchev–Trinajstić information content (AvgIpc) is 3.11. The number of nitrogen functional groups attached to an aromatic ring is 1. The molecule has 7 heteroatoms. The molecule has 0 unspecified atom stereocenters. The average molecular weight is 370 g/mol. The lowest BCUT2D eigenvalue weighted by Gasteiger charge is -2.08. The first-order valence-corrected chi connectivity index (χ1v) is 8.74. The van der Waals surface area contributed by atoms with E-state index in [1.165, 1.54) is 6.07 Å². The molecule has 0 amide bonds. The number of anilines is 1. The van der Waals surface area contributed by atoms with E-state index in [4.69, 9.17) is 5.73 Å². The summed E-state index contributed by atoms with van der Waals surface area (Å²) >= 11 is 0. The van der Waals surface area contributed by atoms with Crippen molar-refractivity contribution in [2.75, 3.05) is 5.73 Å². The quantitative estimate of drug-likeness (QED) is 0.488. The van der Waals surface area contributed by atoms with E-state index < -0.39 is 0 Å². The number of fused-ring (bicyclic) bond motifs is 2. The molecular formula is C21H15FN6. The third kappa shape index (κ3) is 2.83. The number of halogens is 1. The molecular weight excluding hydrogens is 355 g/mol. The van der Waals surface area contributed by atoms with Crippen molar-refractivity contribution in [3.63, 3.8) is 0 Å². The van der Waals surface area contributed by atoms with Crippen molar-refractivity contribution in [3.05, 3.63) is 78.6 Å². The molecule has 136 valence electrons. The highest BCUT2D eigenvalue weighted by molar-refractivity contribution is 5.79. The van der Waals surface area contributed by atoms with Crippen LogP contribution in [0.15, 0.2) is 67.3 Å². The zero-order chi connectivity index (χ0) is 19.1. The molecule has 0 bridgehead atoms. The van der Waals surface area contributed by atoms with Gasteiger partial charge in [-0.15, -0.1) is 0 Å². The Kier molecular flexibility index (Phi) is 3.72. The van der Waals surface area contributed by atoms with Gasteiger partial charge in [0.25, 0.3) is 0 Å². The Balaban J connectivity index is 1.57. The number of nitrogens with two attached hydrogens (primary N) is 1. The van der Waals surface area contributed by atoms with Crippen LogP contribution in [0.2, 0.25) is 0 Å². The summed E-state index contributed by atoms with van der Waals surface area (Å²) in [5, 5.41) is 0.886. The topological polar surface area (TPSA) is 82.5 Å². The maximum atomic E-state index is 14.6. The summed E-state index contributed by atoms with van der Waals surface area (Å²) in [5.74, 6) is -0.310. The molecule has 5 aromatic rings. The molecule has 0 saturated carbocycles. The molecule has 3 aromatic heterocycles. The minimum atomic E-state index is -0.310. The molecule has 0 aliphatic rings. The molecule has 0 fully saturated rings. The second-order valence-electron chi connectivity index (χ2n) is 6.54. The van der Waals surface area contributed by atoms with Gasteiger partial charge < -0.3 is 10.3 Å². The van der Waals surface area contributed by atoms with Gasteiger partial charge in [0.15, 0.2) is 11.3 Å². The second-order valence-corrected chi connectivity index (χ2v) is 6.54. The highest BCUT2D eigenvalue weighted by Gasteiger charge is 2.12. The van der Waals surface area contributed by atoms with E-state index in [0.29, 0.717) is 40.3 Å². The first-order chi connectivity index (χ1) is 13.7. The van der Waals surface area contributed by atoms with Gasteiger partial charge in [0.2, 0.25) is 0 Å². The van der Waals surface area contributed by atoms with E-state index in [1.807, 2.05) is 36.4 Å². The third-order valence-corrected chi connectivity index (χ3v) is 4.65. The monoisotopic (exact) mass is 370 g/mol. The van der Waals surface area contributed by atoms with E-state index in [9.17, 15) is 4.39 Å². The zero-order valence-corrected chi connectivity index (χ0v) is 14.7. The Morgan fingerprint density at radius 1 is 1.00 bits per heavy atom. The summed E-state index contributed by atoms with van der Waals surface area (Å²) in [5.41, 5.74) is 10.3. The van der Waals surface area contributed by atoms with Crippen molar-refractivity contribution in [1.82, 2.24) is 24.5 Å². The summed E-state index contributed by atoms with van der Waals surface area (Å²) in [6, 6.07) is 14.4. The molecule has 0 atom stereocenters. The first-order valence-electron chi connectivity index (χ1n) is 8.74. The normalized spacial score (nSPS) is 11.3. The minimum Gasteiger partial charge on any atom is -0.399 e. The van der Waals surface area contributed by atoms with Gasteiger partial charge in [-0.05, 0) is 24.3 Å². The van der Waals surface area contributed by atoms with Crippen LogP contribution in [0.4, 0.5) is 10.1 Å². The molecule has 5 rings (SSSR count). The van der Waals surface area contributed by atoms with Crippen molar-refractivity contribution < 1.29 is 4.39 Å². The van der Waals surface area contributed by atoms with Gasteiger partial charge in [-0.1, -0.05) is 18.2 Å². The third-order valence-electron chi connectivity index (χ3n) is 4.65. The summed E-state index contributed by atoms with van der Waals surface area (Å²) in [6.07, 6.45) is 4.96. The number of rotatable bonds is 3. The van der Waals surface area contributed by atoms with Crippen LogP contribution in [-0.4, -0.2) is 24.5 Å². The fraction of sp³-hybridized carbons (Fsp3) is 0.0476. The maximum Gasteiger partial charge on any atom is 0.197 e. The molecule has 28 heavy (non-hydrogen) atoms. The number of nitrogens with zero attached hydrogens (tertiary/aromatic N) is 5. The smallest absolute Gasteiger partial charge is 0.197 e. The van der Waals surface area contributed by atoms with Crippen LogP contribution in [-0.2, 0) is 6.54 Å². The van der Waals surface area contributed by atoms with Crippen molar-refractivity contribution in [2.24, 2.45) is 0 Å². The van der Waals surface area contributed by atoms with Gasteiger partial charge in [-0.25, -0.2) is 19.3 Å². The maximum absolute atomic E-state index is 14.6. The molecule has 2 aromatic carbocycles. The highest BCUT2D eigenvalue weighted by atomic mass is 19.1. The molecule has 0 radical (unpaired) electrons. The van der Waals surface area contributed by atoms with Crippen LogP contribution in [0, 0.1) is 5.82 Å². The van der Waals surface area contributed by atoms with Gasteiger partial charge in [0.05, 0.1) is 30.3 Å². The molecule has 0 saturated heterocycles. The number of benzene rings is 2. The van der Waals surface area contributed by atoms with E-state index in [-0.39, 0.29) is 5.82 Å². The van der Waals surface area contributed by atoms with Crippen LogP contribution < -0.4 is 5.73 Å². The van der Waals surface area contributed by atoms with Crippen LogP contribution in [0.5, 0.6) is 0 Å². The Morgan fingerprint density at radius 3 is 2.71 bits per heavy atom. The first kappa shape index (κ1) is 16.3. The SMILES string of the molecule is Nc1ccc(-c2cnc3ncn(Cc4cc5cccnc5cc4F)c3n2)cc1. The fourth-order valence-electron chi connectivity index (χ4n) is 3.19. The lowest BCUT2D eigenvalue weighted by molar-refractivity contribution is 0.603. The van der Waals surface area contributed by atoms with Crippen LogP contribution >= 0.6 is 0 Å². The number of aromatic nitrogens is 5. The molecule has 6 nitrogen and oxygen atoms in total. The second kappa shape index (κ2) is 6.38. The number of hydrogen-bond donors (Lipinski definition) is 1. The number of hydrogen-bond acceptors (Lipinski definition) is 5. The largest absolute Gasteiger partial charge is 0.399 e. The molecule has 0 aliphatic heterocycles. The number of pyridine rings is 1. The Bertz CT molecular complexity index is 1310. The van der Waals surface area contributed by atoms with E-state index in [2.05, 4.69) is 19.9 Å². The van der Waals surface area contributed by atoms with E-state index in [0.717, 1.165) is 10.9 Å². The van der Waals surface area contributed by atoms with Gasteiger partial charge in [0, 0.05) is 34.5 Å². The number of imidazole rings is 1. The van der Waals surface area contributed by atoms with Gasteiger partial charge in [0.1, 0.15) is 5.82 Å². The highest BCUT2D eigenvalue weighted by Crippen LogP contribution is 2.22. The Morgan fingerprint density at radius 2 is 1.86 bits per heavy atom. The molecule has 0 aliphatic carbocycles. The van der Waals surface area contributed by atoms with Gasteiger partial charge in [-0.2, -0.15) is 0 Å². The predicted molar refractivity (Wildman–Crippen MR) is 106 cm³/mol. The predicted octanol–water partition coefficient (Wildman–Crippen LogP) is 3.81. The van der Waals surface area contributed by atoms with Crippen LogP contribution in [0.1, 0.15) is 5.56 Å². The van der Waals surface area contributed by atoms with Crippen molar-refractivity contribution >= 4 is 27.9 Å². The van der Waals surface area contributed by atoms with E-state index in [1.54, 1.807) is 29.4 Å². The molecule has 2 N–H and O–H groups in total. The lowest BCUT2D eigenvalue weighted by atomic mass is 10.1. The van der Waals surface area contributed by atoms with Crippen molar-refractivity contribution in [3.8, 4) is 11.3 Å². The lowest BCUT2D eigenvalue weighted by Crippen LogP contribution is -2.03. The van der Waals surface area contributed by atoms with Crippen molar-refractivity contribution in [1.29, 1.82) is 0 Å². The summed E-state index contributed by atoms with van der Waals surface area (Å²) < 4.78 is 16.4. The molecule has 3 heterocycles. The summed E-state index contributed by atoms with van der Waals surface area (Å²) in [7, 11) is 0. The van der Waals surface area contributed by atoms with Gasteiger partial charge >= 0.3 is 0 Å². The van der Waals surface area contributed by atoms with Crippen molar-refractivity contribution in [2.45, 2.75) is 6.54 Å². The van der Waals surface area contributed by atoms with Crippen LogP contribution in [0.25, 0.3) is 33.5 Å². The van der Waals surface area contributed by atoms with E-state index >= 15 is 0 Å². The summed E-state index contributed by atoms with van der Waals surface area (Å²) in [4.78, 5) is 17.6. The summed E-state index contributed by atoms with van der Waals surface area (Å²) in [6.45, 7) is 0.299. The molecule has 0 spiro atoms. The zero-order valence-electron chi connectivity index (χ0n) is 14.7. The van der Waals surface area contributed by atoms with Gasteiger partial charge in [-0.3, -0.25) is 4.98 Å². The Hall–Kier alpha value is -3.87. The minimum absolute atomic E-state index is 0.299.